The summed E-state index contributed by atoms with van der Waals surface area (Å²) in [7, 11) is 0. The highest BCUT2D eigenvalue weighted by atomic mass is 19.1. The first-order valence-electron chi connectivity index (χ1n) is 6.42. The van der Waals surface area contributed by atoms with Gasteiger partial charge in [0.25, 0.3) is 0 Å². The van der Waals surface area contributed by atoms with Crippen LogP contribution in [0.4, 0.5) is 10.1 Å². The Hall–Kier alpha value is -1.91. The maximum atomic E-state index is 13.0. The lowest BCUT2D eigenvalue weighted by atomic mass is 9.99. The minimum absolute atomic E-state index is 0.295. The highest BCUT2D eigenvalue weighted by Gasteiger charge is 2.25. The van der Waals surface area contributed by atoms with E-state index in [1.165, 1.54) is 18.2 Å². The number of likely N-dealkylation sites (tertiary alicyclic amines) is 1. The predicted molar refractivity (Wildman–Crippen MR) is 70.0 cm³/mol. The molecule has 1 aliphatic rings. The van der Waals surface area contributed by atoms with E-state index in [4.69, 9.17) is 0 Å². The predicted octanol–water partition coefficient (Wildman–Crippen LogP) is 2.02. The Labute approximate surface area is 111 Å². The summed E-state index contributed by atoms with van der Waals surface area (Å²) in [6.07, 6.45) is 1.83. The van der Waals surface area contributed by atoms with Crippen molar-refractivity contribution in [1.82, 2.24) is 4.90 Å². The summed E-state index contributed by atoms with van der Waals surface area (Å²) in [5, 5.41) is 2.42. The van der Waals surface area contributed by atoms with Gasteiger partial charge in [-0.15, -0.1) is 0 Å². The summed E-state index contributed by atoms with van der Waals surface area (Å²) < 4.78 is 13.0. The van der Waals surface area contributed by atoms with E-state index >= 15 is 0 Å². The van der Waals surface area contributed by atoms with Crippen molar-refractivity contribution in [3.05, 3.63) is 30.1 Å². The van der Waals surface area contributed by atoms with Crippen LogP contribution in [0.1, 0.15) is 19.8 Å². The van der Waals surface area contributed by atoms with E-state index in [-0.39, 0.29) is 0 Å². The molecule has 1 aliphatic heterocycles. The molecule has 0 spiro atoms. The highest BCUT2D eigenvalue weighted by Crippen LogP contribution is 2.16. The number of carbonyl (C=O) groups excluding carboxylic acids is 2. The number of halogens is 1. The second kappa shape index (κ2) is 5.82. The highest BCUT2D eigenvalue weighted by molar-refractivity contribution is 6.39. The Morgan fingerprint density at radius 1 is 1.32 bits per heavy atom. The minimum atomic E-state index is -0.708. The van der Waals surface area contributed by atoms with E-state index in [2.05, 4.69) is 12.2 Å². The van der Waals surface area contributed by atoms with E-state index < -0.39 is 17.6 Å². The van der Waals surface area contributed by atoms with Crippen LogP contribution in [0, 0.1) is 11.7 Å². The molecule has 5 heteroatoms. The number of piperidine rings is 1. The molecule has 0 saturated carbocycles. The van der Waals surface area contributed by atoms with Gasteiger partial charge in [0.1, 0.15) is 5.82 Å². The number of hydrogen-bond donors (Lipinski definition) is 1. The lowest BCUT2D eigenvalue weighted by Crippen LogP contribution is -2.43. The van der Waals surface area contributed by atoms with Gasteiger partial charge in [-0.3, -0.25) is 9.59 Å². The molecule has 1 N–H and O–H groups in total. The summed E-state index contributed by atoms with van der Waals surface area (Å²) in [5.41, 5.74) is 0.295. The van der Waals surface area contributed by atoms with Crippen molar-refractivity contribution in [2.45, 2.75) is 19.8 Å². The van der Waals surface area contributed by atoms with Crippen molar-refractivity contribution in [3.8, 4) is 0 Å². The van der Waals surface area contributed by atoms with E-state index in [1.807, 2.05) is 0 Å². The largest absolute Gasteiger partial charge is 0.334 e. The number of amides is 2. The van der Waals surface area contributed by atoms with E-state index in [0.717, 1.165) is 12.8 Å². The second-order valence-electron chi connectivity index (χ2n) is 4.94. The lowest BCUT2D eigenvalue weighted by Gasteiger charge is -2.29. The molecule has 0 unspecified atom stereocenters. The molecule has 0 atom stereocenters. The van der Waals surface area contributed by atoms with Crippen LogP contribution in [-0.4, -0.2) is 29.8 Å². The Bertz CT molecular complexity index is 482. The van der Waals surface area contributed by atoms with Gasteiger partial charge in [0.15, 0.2) is 0 Å². The molecule has 0 aromatic heterocycles. The third-order valence-corrected chi connectivity index (χ3v) is 3.35. The fraction of sp³-hybridized carbons (Fsp3) is 0.429. The van der Waals surface area contributed by atoms with Gasteiger partial charge in [-0.25, -0.2) is 4.39 Å². The minimum Gasteiger partial charge on any atom is -0.334 e. The van der Waals surface area contributed by atoms with Crippen LogP contribution in [0.25, 0.3) is 0 Å². The van der Waals surface area contributed by atoms with Gasteiger partial charge in [-0.05, 0) is 37.0 Å². The number of benzene rings is 1. The fourth-order valence-corrected chi connectivity index (χ4v) is 2.11. The Morgan fingerprint density at radius 3 is 2.63 bits per heavy atom. The first-order valence-corrected chi connectivity index (χ1v) is 6.42. The molecule has 2 amide bonds. The molecule has 1 heterocycles. The molecule has 102 valence electrons. The topological polar surface area (TPSA) is 49.4 Å². The van der Waals surface area contributed by atoms with Crippen molar-refractivity contribution in [1.29, 1.82) is 0 Å². The zero-order valence-corrected chi connectivity index (χ0v) is 10.9. The van der Waals surface area contributed by atoms with Crippen LogP contribution in [0.2, 0.25) is 0 Å². The van der Waals surface area contributed by atoms with Gasteiger partial charge < -0.3 is 10.2 Å². The second-order valence-corrected chi connectivity index (χ2v) is 4.94. The van der Waals surface area contributed by atoms with Crippen molar-refractivity contribution in [2.24, 2.45) is 5.92 Å². The third-order valence-electron chi connectivity index (χ3n) is 3.35. The maximum Gasteiger partial charge on any atom is 0.313 e. The smallest absolute Gasteiger partial charge is 0.313 e. The number of hydrogen-bond acceptors (Lipinski definition) is 2. The van der Waals surface area contributed by atoms with Crippen molar-refractivity contribution in [3.63, 3.8) is 0 Å². The monoisotopic (exact) mass is 264 g/mol. The molecule has 2 rings (SSSR count). The Kier molecular flexibility index (Phi) is 4.14. The molecule has 1 aromatic rings. The molecule has 19 heavy (non-hydrogen) atoms. The molecule has 1 fully saturated rings. The molecule has 0 aliphatic carbocycles. The Balaban J connectivity index is 1.94. The molecule has 1 saturated heterocycles. The zero-order valence-electron chi connectivity index (χ0n) is 10.9. The number of nitrogens with zero attached hydrogens (tertiary/aromatic N) is 1. The van der Waals surface area contributed by atoms with Gasteiger partial charge in [-0.1, -0.05) is 13.0 Å². The summed E-state index contributed by atoms with van der Waals surface area (Å²) >= 11 is 0. The van der Waals surface area contributed by atoms with Gasteiger partial charge in [0.05, 0.1) is 0 Å². The lowest BCUT2D eigenvalue weighted by molar-refractivity contribution is -0.144. The number of anilines is 1. The molecule has 4 nitrogen and oxygen atoms in total. The quantitative estimate of drug-likeness (QED) is 0.789. The number of rotatable bonds is 1. The molecule has 0 radical (unpaired) electrons. The third kappa shape index (κ3) is 3.53. The Morgan fingerprint density at radius 2 is 2.00 bits per heavy atom. The maximum absolute atomic E-state index is 13.0. The van der Waals surface area contributed by atoms with Crippen LogP contribution in [0.15, 0.2) is 24.3 Å². The van der Waals surface area contributed by atoms with Gasteiger partial charge in [0.2, 0.25) is 0 Å². The summed E-state index contributed by atoms with van der Waals surface area (Å²) in [6, 6.07) is 5.50. The van der Waals surface area contributed by atoms with E-state index in [0.29, 0.717) is 24.7 Å². The molecule has 0 bridgehead atoms. The molecular weight excluding hydrogens is 247 g/mol. The summed E-state index contributed by atoms with van der Waals surface area (Å²) in [6.45, 7) is 3.35. The standard InChI is InChI=1S/C14H17FN2O2/c1-10-5-7-17(8-6-10)14(19)13(18)16-12-4-2-3-11(15)9-12/h2-4,9-10H,5-8H2,1H3,(H,16,18). The fourth-order valence-electron chi connectivity index (χ4n) is 2.11. The number of nitrogens with one attached hydrogen (secondary N) is 1. The van der Waals surface area contributed by atoms with Gasteiger partial charge in [0, 0.05) is 18.8 Å². The van der Waals surface area contributed by atoms with E-state index in [9.17, 15) is 14.0 Å². The first kappa shape index (κ1) is 13.5. The van der Waals surface area contributed by atoms with Crippen LogP contribution >= 0.6 is 0 Å². The van der Waals surface area contributed by atoms with Crippen molar-refractivity contribution >= 4 is 17.5 Å². The summed E-state index contributed by atoms with van der Waals surface area (Å²) in [4.78, 5) is 25.2. The SMILES string of the molecule is CC1CCN(C(=O)C(=O)Nc2cccc(F)c2)CC1. The summed E-state index contributed by atoms with van der Waals surface area (Å²) in [5.74, 6) is -1.11. The van der Waals surface area contributed by atoms with Crippen LogP contribution in [0.3, 0.4) is 0 Å². The van der Waals surface area contributed by atoms with Crippen LogP contribution in [-0.2, 0) is 9.59 Å². The van der Waals surface area contributed by atoms with Gasteiger partial charge in [-0.2, -0.15) is 0 Å². The average molecular weight is 264 g/mol. The molecular formula is C14H17FN2O2. The molecule has 1 aromatic carbocycles. The zero-order chi connectivity index (χ0) is 13.8. The normalized spacial score (nSPS) is 16.2. The van der Waals surface area contributed by atoms with Crippen LogP contribution < -0.4 is 5.32 Å². The van der Waals surface area contributed by atoms with E-state index in [1.54, 1.807) is 11.0 Å². The number of carbonyl (C=O) groups is 2. The van der Waals surface area contributed by atoms with Crippen molar-refractivity contribution < 1.29 is 14.0 Å². The average Bonchev–Trinajstić information content (AvgIpc) is 2.39. The van der Waals surface area contributed by atoms with Crippen LogP contribution in [0.5, 0.6) is 0 Å². The van der Waals surface area contributed by atoms with Gasteiger partial charge >= 0.3 is 11.8 Å². The first-order chi connectivity index (χ1) is 9.06. The van der Waals surface area contributed by atoms with Crippen molar-refractivity contribution in [2.75, 3.05) is 18.4 Å².